The van der Waals surface area contributed by atoms with E-state index in [0.717, 1.165) is 21.1 Å². The number of carbonyl (C=O) groups is 1. The summed E-state index contributed by atoms with van der Waals surface area (Å²) >= 11 is 1.43. The van der Waals surface area contributed by atoms with Crippen molar-refractivity contribution in [3.05, 3.63) is 45.0 Å². The van der Waals surface area contributed by atoms with Crippen LogP contribution in [0.15, 0.2) is 24.3 Å². The molecule has 0 unspecified atom stereocenters. The summed E-state index contributed by atoms with van der Waals surface area (Å²) in [6, 6.07) is 7.33. The van der Waals surface area contributed by atoms with E-state index in [1.165, 1.54) is 11.3 Å². The van der Waals surface area contributed by atoms with Crippen LogP contribution in [-0.2, 0) is 16.1 Å². The van der Waals surface area contributed by atoms with Crippen molar-refractivity contribution in [1.82, 2.24) is 4.98 Å². The third-order valence-electron chi connectivity index (χ3n) is 2.79. The third kappa shape index (κ3) is 3.76. The number of anilines is 1. The number of aromatic nitrogens is 1. The van der Waals surface area contributed by atoms with Gasteiger partial charge >= 0.3 is 0 Å². The fourth-order valence-electron chi connectivity index (χ4n) is 1.85. The van der Waals surface area contributed by atoms with Crippen molar-refractivity contribution in [2.75, 3.05) is 11.9 Å². The predicted molar refractivity (Wildman–Crippen MR) is 78.6 cm³/mol. The fraction of sp³-hybridized carbons (Fsp3) is 0.231. The molecule has 0 bridgehead atoms. The van der Waals surface area contributed by atoms with Gasteiger partial charge < -0.3 is 10.2 Å². The standard InChI is InChI=1S/C13H13N3O4S/c1-9-12(6-7-20-16(18)19)21-13(15-9)10-4-2-3-5-11(10)14-8-17/h2-5,8H,6-7H2,1H3,(H,14,17). The minimum Gasteiger partial charge on any atom is -0.328 e. The molecule has 1 amide bonds. The van der Waals surface area contributed by atoms with Gasteiger partial charge in [0.15, 0.2) is 0 Å². The maximum atomic E-state index is 10.6. The molecule has 0 fully saturated rings. The van der Waals surface area contributed by atoms with E-state index in [9.17, 15) is 14.9 Å². The number of benzene rings is 1. The van der Waals surface area contributed by atoms with Crippen LogP contribution >= 0.6 is 11.3 Å². The number of aryl methyl sites for hydroxylation is 1. The Morgan fingerprint density at radius 3 is 2.95 bits per heavy atom. The van der Waals surface area contributed by atoms with E-state index in [-0.39, 0.29) is 6.61 Å². The Labute approximate surface area is 124 Å². The lowest BCUT2D eigenvalue weighted by molar-refractivity contribution is -0.757. The first-order valence-corrected chi connectivity index (χ1v) is 6.96. The van der Waals surface area contributed by atoms with E-state index >= 15 is 0 Å². The molecule has 8 heteroatoms. The van der Waals surface area contributed by atoms with Crippen LogP contribution in [0.4, 0.5) is 5.69 Å². The molecule has 0 aliphatic rings. The molecule has 0 saturated carbocycles. The molecule has 7 nitrogen and oxygen atoms in total. The lowest BCUT2D eigenvalue weighted by atomic mass is 10.2. The van der Waals surface area contributed by atoms with Crippen molar-refractivity contribution >= 4 is 23.4 Å². The van der Waals surface area contributed by atoms with E-state index in [1.54, 1.807) is 6.07 Å². The van der Waals surface area contributed by atoms with E-state index in [4.69, 9.17) is 0 Å². The topological polar surface area (TPSA) is 94.4 Å². The lowest BCUT2D eigenvalue weighted by Crippen LogP contribution is -2.04. The molecule has 0 saturated heterocycles. The summed E-state index contributed by atoms with van der Waals surface area (Å²) in [5, 5.41) is 12.7. The van der Waals surface area contributed by atoms with Gasteiger partial charge in [-0.25, -0.2) is 4.98 Å². The van der Waals surface area contributed by atoms with E-state index in [0.29, 0.717) is 18.5 Å². The number of thiazole rings is 1. The van der Waals surface area contributed by atoms with Crippen molar-refractivity contribution in [2.24, 2.45) is 0 Å². The molecular formula is C13H13N3O4S. The van der Waals surface area contributed by atoms with Crippen LogP contribution in [-0.4, -0.2) is 23.1 Å². The SMILES string of the molecule is Cc1nc(-c2ccccc2NC=O)sc1CCO[N+](=O)[O-]. The molecule has 2 rings (SSSR count). The number of carbonyl (C=O) groups excluding carboxylic acids is 1. The van der Waals surface area contributed by atoms with Crippen molar-refractivity contribution in [1.29, 1.82) is 0 Å². The number of nitrogens with zero attached hydrogens (tertiary/aromatic N) is 2. The lowest BCUT2D eigenvalue weighted by Gasteiger charge is -2.04. The molecule has 1 aromatic heterocycles. The Bertz CT molecular complexity index is 657. The molecule has 2 aromatic rings. The second-order valence-electron chi connectivity index (χ2n) is 4.14. The minimum atomic E-state index is -0.805. The summed E-state index contributed by atoms with van der Waals surface area (Å²) in [4.78, 5) is 30.5. The highest BCUT2D eigenvalue weighted by Gasteiger charge is 2.12. The molecule has 1 N–H and O–H groups in total. The van der Waals surface area contributed by atoms with Crippen LogP contribution in [0.1, 0.15) is 10.6 Å². The van der Waals surface area contributed by atoms with Crippen LogP contribution in [0.25, 0.3) is 10.6 Å². The van der Waals surface area contributed by atoms with Gasteiger partial charge in [-0.1, -0.05) is 12.1 Å². The van der Waals surface area contributed by atoms with Gasteiger partial charge in [-0.2, -0.15) is 0 Å². The van der Waals surface area contributed by atoms with Gasteiger partial charge in [0.2, 0.25) is 6.41 Å². The zero-order chi connectivity index (χ0) is 15.2. The number of rotatable bonds is 7. The molecule has 1 aromatic carbocycles. The second kappa shape index (κ2) is 6.80. The normalized spacial score (nSPS) is 10.1. The molecule has 1 heterocycles. The largest absolute Gasteiger partial charge is 0.328 e. The zero-order valence-electron chi connectivity index (χ0n) is 11.2. The Kier molecular flexibility index (Phi) is 4.83. The first-order valence-electron chi connectivity index (χ1n) is 6.15. The Balaban J connectivity index is 2.22. The van der Waals surface area contributed by atoms with Gasteiger partial charge in [0.1, 0.15) is 11.6 Å². The monoisotopic (exact) mass is 307 g/mol. The number of hydrogen-bond acceptors (Lipinski definition) is 6. The Morgan fingerprint density at radius 2 is 2.24 bits per heavy atom. The first kappa shape index (κ1) is 14.9. The number of hydrogen-bond donors (Lipinski definition) is 1. The summed E-state index contributed by atoms with van der Waals surface area (Å²) in [6.45, 7) is 1.85. The average molecular weight is 307 g/mol. The van der Waals surface area contributed by atoms with Gasteiger partial charge in [-0.15, -0.1) is 21.5 Å². The fourth-order valence-corrected chi connectivity index (χ4v) is 2.93. The van der Waals surface area contributed by atoms with E-state index < -0.39 is 5.09 Å². The van der Waals surface area contributed by atoms with Crippen LogP contribution in [0, 0.1) is 17.0 Å². The Morgan fingerprint density at radius 1 is 1.48 bits per heavy atom. The average Bonchev–Trinajstić information content (AvgIpc) is 2.81. The molecule has 0 radical (unpaired) electrons. The van der Waals surface area contributed by atoms with E-state index in [1.807, 2.05) is 25.1 Å². The van der Waals surface area contributed by atoms with Gasteiger partial charge in [-0.3, -0.25) is 4.79 Å². The van der Waals surface area contributed by atoms with Crippen molar-refractivity contribution < 1.29 is 14.7 Å². The molecule has 0 aliphatic carbocycles. The second-order valence-corrected chi connectivity index (χ2v) is 5.23. The first-order chi connectivity index (χ1) is 10.1. The molecular weight excluding hydrogens is 294 g/mol. The minimum absolute atomic E-state index is 0.00368. The third-order valence-corrected chi connectivity index (χ3v) is 4.04. The summed E-state index contributed by atoms with van der Waals surface area (Å²) in [5.41, 5.74) is 2.30. The van der Waals surface area contributed by atoms with Gasteiger partial charge in [0.05, 0.1) is 11.4 Å². The highest BCUT2D eigenvalue weighted by molar-refractivity contribution is 7.15. The summed E-state index contributed by atoms with van der Waals surface area (Å²) in [5.74, 6) is 0. The summed E-state index contributed by atoms with van der Waals surface area (Å²) in [6.07, 6.45) is 1.04. The van der Waals surface area contributed by atoms with Crippen LogP contribution < -0.4 is 5.32 Å². The predicted octanol–water partition coefficient (Wildman–Crippen LogP) is 2.44. The Hall–Kier alpha value is -2.48. The highest BCUT2D eigenvalue weighted by Crippen LogP contribution is 2.33. The van der Waals surface area contributed by atoms with Crippen molar-refractivity contribution in [3.8, 4) is 10.6 Å². The van der Waals surface area contributed by atoms with Crippen molar-refractivity contribution in [2.45, 2.75) is 13.3 Å². The summed E-state index contributed by atoms with van der Waals surface area (Å²) in [7, 11) is 0. The molecule has 0 spiro atoms. The number of nitrogens with one attached hydrogen (secondary N) is 1. The van der Waals surface area contributed by atoms with Gasteiger partial charge in [0, 0.05) is 16.9 Å². The van der Waals surface area contributed by atoms with Gasteiger partial charge in [0.25, 0.3) is 5.09 Å². The maximum absolute atomic E-state index is 10.6. The smallest absolute Gasteiger partial charge is 0.294 e. The molecule has 110 valence electrons. The zero-order valence-corrected chi connectivity index (χ0v) is 12.1. The quantitative estimate of drug-likeness (QED) is 0.481. The highest BCUT2D eigenvalue weighted by atomic mass is 32.1. The molecule has 0 atom stereocenters. The number of para-hydroxylation sites is 1. The summed E-state index contributed by atoms with van der Waals surface area (Å²) < 4.78 is 0. The molecule has 21 heavy (non-hydrogen) atoms. The number of amides is 1. The maximum Gasteiger partial charge on any atom is 0.294 e. The van der Waals surface area contributed by atoms with Crippen LogP contribution in [0.3, 0.4) is 0 Å². The van der Waals surface area contributed by atoms with Crippen molar-refractivity contribution in [3.63, 3.8) is 0 Å². The van der Waals surface area contributed by atoms with Gasteiger partial charge in [-0.05, 0) is 19.1 Å². The van der Waals surface area contributed by atoms with Crippen LogP contribution in [0.2, 0.25) is 0 Å². The van der Waals surface area contributed by atoms with E-state index in [2.05, 4.69) is 15.1 Å². The van der Waals surface area contributed by atoms with Crippen LogP contribution in [0.5, 0.6) is 0 Å². The molecule has 0 aliphatic heterocycles.